The molecule has 0 saturated carbocycles. The van der Waals surface area contributed by atoms with Crippen LogP contribution in [0.15, 0.2) is 24.3 Å². The molecule has 0 radical (unpaired) electrons. The Labute approximate surface area is 116 Å². The number of likely N-dealkylation sites (tertiary alicyclic amines) is 1. The average molecular weight is 263 g/mol. The fraction of sp³-hybridized carbons (Fsp3) is 0.600. The predicted octanol–water partition coefficient (Wildman–Crippen LogP) is 0.812. The Morgan fingerprint density at radius 1 is 1.26 bits per heavy atom. The summed E-state index contributed by atoms with van der Waals surface area (Å²) in [5.41, 5.74) is 6.80. The van der Waals surface area contributed by atoms with Gasteiger partial charge in [-0.1, -0.05) is 12.1 Å². The lowest BCUT2D eigenvalue weighted by atomic mass is 10.1. The molecule has 4 heteroatoms. The van der Waals surface area contributed by atoms with Crippen molar-refractivity contribution in [1.29, 1.82) is 0 Å². The number of benzene rings is 1. The third kappa shape index (κ3) is 4.20. The van der Waals surface area contributed by atoms with Gasteiger partial charge in [0.1, 0.15) is 12.4 Å². The van der Waals surface area contributed by atoms with Gasteiger partial charge in [0, 0.05) is 25.7 Å². The molecule has 19 heavy (non-hydrogen) atoms. The van der Waals surface area contributed by atoms with Gasteiger partial charge in [-0.05, 0) is 44.8 Å². The summed E-state index contributed by atoms with van der Waals surface area (Å²) in [5, 5.41) is 0. The third-order valence-electron chi connectivity index (χ3n) is 3.70. The van der Waals surface area contributed by atoms with Crippen molar-refractivity contribution in [1.82, 2.24) is 9.80 Å². The Morgan fingerprint density at radius 3 is 2.53 bits per heavy atom. The van der Waals surface area contributed by atoms with Crippen LogP contribution in [0.2, 0.25) is 0 Å². The minimum absolute atomic E-state index is 0.697. The van der Waals surface area contributed by atoms with Gasteiger partial charge in [0.25, 0.3) is 0 Å². The van der Waals surface area contributed by atoms with E-state index in [1.54, 1.807) is 0 Å². The van der Waals surface area contributed by atoms with Crippen molar-refractivity contribution in [3.63, 3.8) is 0 Å². The average Bonchev–Trinajstić information content (AvgIpc) is 2.34. The molecule has 0 atom stereocenters. The van der Waals surface area contributed by atoms with E-state index in [-0.39, 0.29) is 0 Å². The van der Waals surface area contributed by atoms with Crippen LogP contribution in [0.25, 0.3) is 0 Å². The Kier molecular flexibility index (Phi) is 5.19. The standard InChI is InChI=1S/C15H25N3O/c1-17(2)14-11-18(12-14)9-10-19-15-5-3-13(4-6-15)7-8-16/h3-6,14H,7-12,16H2,1-2H3. The Bertz CT molecular complexity index is 371. The monoisotopic (exact) mass is 263 g/mol. The highest BCUT2D eigenvalue weighted by Gasteiger charge is 2.27. The van der Waals surface area contributed by atoms with Crippen LogP contribution in [0.3, 0.4) is 0 Å². The summed E-state index contributed by atoms with van der Waals surface area (Å²) in [6.45, 7) is 4.78. The number of hydrogen-bond acceptors (Lipinski definition) is 4. The van der Waals surface area contributed by atoms with Gasteiger partial charge in [-0.25, -0.2) is 0 Å². The van der Waals surface area contributed by atoms with Crippen LogP contribution in [0.4, 0.5) is 0 Å². The highest BCUT2D eigenvalue weighted by atomic mass is 16.5. The molecule has 0 spiro atoms. The van der Waals surface area contributed by atoms with Crippen LogP contribution in [-0.2, 0) is 6.42 Å². The van der Waals surface area contributed by atoms with E-state index >= 15 is 0 Å². The molecule has 0 unspecified atom stereocenters. The molecule has 1 aliphatic heterocycles. The minimum atomic E-state index is 0.697. The maximum Gasteiger partial charge on any atom is 0.119 e. The molecule has 1 aromatic carbocycles. The van der Waals surface area contributed by atoms with Crippen LogP contribution in [0.1, 0.15) is 5.56 Å². The lowest BCUT2D eigenvalue weighted by Crippen LogP contribution is -2.57. The maximum atomic E-state index is 5.75. The number of nitrogens with zero attached hydrogens (tertiary/aromatic N) is 2. The summed E-state index contributed by atoms with van der Waals surface area (Å²) in [5.74, 6) is 0.949. The van der Waals surface area contributed by atoms with Crippen molar-refractivity contribution in [3.05, 3.63) is 29.8 Å². The van der Waals surface area contributed by atoms with Crippen molar-refractivity contribution in [3.8, 4) is 5.75 Å². The Balaban J connectivity index is 1.63. The summed E-state index contributed by atoms with van der Waals surface area (Å²) in [6.07, 6.45) is 0.931. The van der Waals surface area contributed by atoms with Crippen molar-refractivity contribution < 1.29 is 4.74 Å². The van der Waals surface area contributed by atoms with E-state index in [0.29, 0.717) is 6.54 Å². The zero-order valence-corrected chi connectivity index (χ0v) is 12.0. The zero-order chi connectivity index (χ0) is 13.7. The van der Waals surface area contributed by atoms with Crippen LogP contribution >= 0.6 is 0 Å². The second kappa shape index (κ2) is 6.89. The molecule has 1 saturated heterocycles. The number of ether oxygens (including phenoxy) is 1. The lowest BCUT2D eigenvalue weighted by Gasteiger charge is -2.42. The van der Waals surface area contributed by atoms with Crippen LogP contribution in [0.5, 0.6) is 5.75 Å². The first kappa shape index (κ1) is 14.3. The van der Waals surface area contributed by atoms with Gasteiger partial charge in [0.15, 0.2) is 0 Å². The summed E-state index contributed by atoms with van der Waals surface area (Å²) in [6, 6.07) is 8.96. The molecule has 0 aliphatic carbocycles. The Hall–Kier alpha value is -1.10. The van der Waals surface area contributed by atoms with Crippen molar-refractivity contribution in [2.75, 3.05) is 46.9 Å². The van der Waals surface area contributed by atoms with E-state index in [4.69, 9.17) is 10.5 Å². The molecule has 4 nitrogen and oxygen atoms in total. The van der Waals surface area contributed by atoms with E-state index < -0.39 is 0 Å². The first-order valence-electron chi connectivity index (χ1n) is 6.99. The summed E-state index contributed by atoms with van der Waals surface area (Å²) in [7, 11) is 4.28. The van der Waals surface area contributed by atoms with Crippen LogP contribution in [0, 0.1) is 0 Å². The largest absolute Gasteiger partial charge is 0.492 e. The topological polar surface area (TPSA) is 41.7 Å². The second-order valence-corrected chi connectivity index (χ2v) is 5.41. The molecule has 2 rings (SSSR count). The normalized spacial score (nSPS) is 16.6. The van der Waals surface area contributed by atoms with Gasteiger partial charge in [0.2, 0.25) is 0 Å². The summed E-state index contributed by atoms with van der Waals surface area (Å²) < 4.78 is 5.75. The lowest BCUT2D eigenvalue weighted by molar-refractivity contribution is 0.0525. The fourth-order valence-electron chi connectivity index (χ4n) is 2.26. The SMILES string of the molecule is CN(C)C1CN(CCOc2ccc(CCN)cc2)C1. The van der Waals surface area contributed by atoms with E-state index in [9.17, 15) is 0 Å². The number of rotatable bonds is 7. The highest BCUT2D eigenvalue weighted by Crippen LogP contribution is 2.14. The molecule has 0 aromatic heterocycles. The van der Waals surface area contributed by atoms with Gasteiger partial charge < -0.3 is 15.4 Å². The molecule has 1 aliphatic rings. The number of nitrogens with two attached hydrogens (primary N) is 1. The van der Waals surface area contributed by atoms with Gasteiger partial charge in [-0.3, -0.25) is 4.90 Å². The molecular formula is C15H25N3O. The van der Waals surface area contributed by atoms with E-state index in [1.165, 1.54) is 5.56 Å². The van der Waals surface area contributed by atoms with Crippen molar-refractivity contribution in [2.24, 2.45) is 5.73 Å². The van der Waals surface area contributed by atoms with E-state index in [1.807, 2.05) is 12.1 Å². The van der Waals surface area contributed by atoms with E-state index in [2.05, 4.69) is 36.0 Å². The first-order valence-corrected chi connectivity index (χ1v) is 6.99. The summed E-state index contributed by atoms with van der Waals surface area (Å²) in [4.78, 5) is 4.71. The number of likely N-dealkylation sites (N-methyl/N-ethyl adjacent to an activating group) is 1. The molecule has 0 bridgehead atoms. The zero-order valence-electron chi connectivity index (χ0n) is 12.0. The number of hydrogen-bond donors (Lipinski definition) is 1. The van der Waals surface area contributed by atoms with Gasteiger partial charge in [-0.15, -0.1) is 0 Å². The van der Waals surface area contributed by atoms with Gasteiger partial charge >= 0.3 is 0 Å². The van der Waals surface area contributed by atoms with E-state index in [0.717, 1.165) is 44.5 Å². The van der Waals surface area contributed by atoms with Crippen molar-refractivity contribution >= 4 is 0 Å². The highest BCUT2D eigenvalue weighted by molar-refractivity contribution is 5.27. The molecule has 1 fully saturated rings. The molecule has 106 valence electrons. The molecule has 1 aromatic rings. The smallest absolute Gasteiger partial charge is 0.119 e. The summed E-state index contributed by atoms with van der Waals surface area (Å²) >= 11 is 0. The fourth-order valence-corrected chi connectivity index (χ4v) is 2.26. The predicted molar refractivity (Wildman–Crippen MR) is 78.6 cm³/mol. The third-order valence-corrected chi connectivity index (χ3v) is 3.70. The van der Waals surface area contributed by atoms with Gasteiger partial charge in [0.05, 0.1) is 0 Å². The maximum absolute atomic E-state index is 5.75. The minimum Gasteiger partial charge on any atom is -0.492 e. The molecule has 0 amide bonds. The Morgan fingerprint density at radius 2 is 1.95 bits per heavy atom. The first-order chi connectivity index (χ1) is 9.19. The van der Waals surface area contributed by atoms with Crippen LogP contribution in [-0.4, -0.2) is 62.7 Å². The van der Waals surface area contributed by atoms with Crippen molar-refractivity contribution in [2.45, 2.75) is 12.5 Å². The second-order valence-electron chi connectivity index (χ2n) is 5.41. The molecule has 1 heterocycles. The molecule has 2 N–H and O–H groups in total. The molecular weight excluding hydrogens is 238 g/mol. The van der Waals surface area contributed by atoms with Crippen LogP contribution < -0.4 is 10.5 Å². The quantitative estimate of drug-likeness (QED) is 0.790. The van der Waals surface area contributed by atoms with Gasteiger partial charge in [-0.2, -0.15) is 0 Å².